The molecule has 8 nitrogen and oxygen atoms in total. The van der Waals surface area contributed by atoms with Gasteiger partial charge in [0, 0.05) is 22.3 Å². The van der Waals surface area contributed by atoms with E-state index in [4.69, 9.17) is 0 Å². The first-order chi connectivity index (χ1) is 29.6. The lowest BCUT2D eigenvalue weighted by molar-refractivity contribution is 0.381. The molecule has 62 heavy (non-hydrogen) atoms. The van der Waals surface area contributed by atoms with Gasteiger partial charge in [0.25, 0.3) is 0 Å². The molecule has 4 bridgehead atoms. The van der Waals surface area contributed by atoms with Crippen molar-refractivity contribution in [3.63, 3.8) is 0 Å². The van der Waals surface area contributed by atoms with Crippen molar-refractivity contribution >= 4 is 46.4 Å². The van der Waals surface area contributed by atoms with E-state index < -0.39 is 126 Å². The van der Waals surface area contributed by atoms with Crippen molar-refractivity contribution in [2.24, 2.45) is 0 Å². The maximum atomic E-state index is 16.2. The highest BCUT2D eigenvalue weighted by Gasteiger charge is 2.34. The van der Waals surface area contributed by atoms with E-state index in [2.05, 4.69) is 9.97 Å². The van der Waals surface area contributed by atoms with Gasteiger partial charge in [0.05, 0.1) is 67.1 Å². The van der Waals surface area contributed by atoms with Crippen LogP contribution in [0, 0.1) is 58.2 Å². The maximum Gasteiger partial charge on any atom is 0.200 e. The Kier molecular flexibility index (Phi) is 8.16. The second-order valence-electron chi connectivity index (χ2n) is 14.0. The lowest BCUT2D eigenvalue weighted by atomic mass is 10.0. The fourth-order valence-electron chi connectivity index (χ4n) is 8.09. The number of aromatic hydroxyl groups is 4. The molecule has 0 unspecified atom stereocenters. The number of aromatic nitrogens is 4. The summed E-state index contributed by atoms with van der Waals surface area (Å²) in [7, 11) is 0. The largest absolute Gasteiger partial charge is 0.507 e. The predicted molar refractivity (Wildman–Crippen MR) is 205 cm³/mol. The number of nitrogens with zero attached hydrogens (tertiary/aromatic N) is 4. The summed E-state index contributed by atoms with van der Waals surface area (Å²) in [6.07, 6.45) is 4.66. The summed E-state index contributed by atoms with van der Waals surface area (Å²) in [6.45, 7) is 0. The van der Waals surface area contributed by atoms with Crippen LogP contribution in [-0.2, 0) is 0 Å². The Balaban J connectivity index is 1.62. The first-order valence-corrected chi connectivity index (χ1v) is 17.9. The fourth-order valence-corrected chi connectivity index (χ4v) is 8.09. The van der Waals surface area contributed by atoms with Gasteiger partial charge in [-0.05, 0) is 72.8 Å². The standard InChI is InChI=1S/C44H18F10N4O4/c45-35-33(36(46)40(50)43(53)39(35)49)29-17-9-7-15(55-17)27(31-23(59)3-1-4-24(31)60)19-11-13-21-30(34-37(47)41(51)44(54)42(52)38(34)48)18-10-8-16(56-18)28(32-25(61)5-2-6-26(32)62)20-12-14-22(29)58(20)57(19)21/h1-14,59-62H. The Morgan fingerprint density at radius 3 is 0.774 bits per heavy atom. The molecule has 308 valence electrons. The SMILES string of the molecule is Oc1cccc(O)c1-c1c2nc(c(-c3c(F)c(F)c(F)c(F)c3F)c3ccc4c(-c5c(O)cccc5O)c5nc(c(-c6c(F)c(F)c(F)c(F)c6F)c6ccc1n6n43)C=C5)C=C2. The molecule has 2 aliphatic rings. The van der Waals surface area contributed by atoms with Gasteiger partial charge >= 0.3 is 0 Å². The van der Waals surface area contributed by atoms with E-state index in [1.54, 1.807) is 0 Å². The van der Waals surface area contributed by atoms with Crippen LogP contribution in [-0.4, -0.2) is 39.4 Å². The topological polar surface area (TPSA) is 116 Å². The second kappa shape index (κ2) is 13.2. The molecule has 0 fully saturated rings. The van der Waals surface area contributed by atoms with Crippen molar-refractivity contribution in [3.8, 4) is 67.5 Å². The maximum absolute atomic E-state index is 16.2. The summed E-state index contributed by atoms with van der Waals surface area (Å²) in [5, 5.41) is 45.2. The lowest BCUT2D eigenvalue weighted by Gasteiger charge is -2.15. The monoisotopic (exact) mass is 856 g/mol. The number of rotatable bonds is 4. The zero-order valence-corrected chi connectivity index (χ0v) is 30.4. The molecule has 8 aromatic rings. The van der Waals surface area contributed by atoms with Gasteiger partial charge in [0.1, 0.15) is 23.0 Å². The Morgan fingerprint density at radius 2 is 0.516 bits per heavy atom. The molecule has 0 spiro atoms. The Labute approximate surface area is 338 Å². The minimum absolute atomic E-state index is 0.250. The first-order valence-electron chi connectivity index (χ1n) is 17.9. The molecule has 10 rings (SSSR count). The van der Waals surface area contributed by atoms with E-state index in [0.29, 0.717) is 0 Å². The van der Waals surface area contributed by atoms with Gasteiger partial charge in [-0.25, -0.2) is 62.9 Å². The average molecular weight is 857 g/mol. The highest BCUT2D eigenvalue weighted by atomic mass is 19.2. The van der Waals surface area contributed by atoms with Gasteiger partial charge in [-0.3, -0.25) is 0 Å². The van der Waals surface area contributed by atoms with Crippen LogP contribution in [0.25, 0.3) is 90.9 Å². The minimum atomic E-state index is -2.50. The van der Waals surface area contributed by atoms with Crippen molar-refractivity contribution in [2.45, 2.75) is 0 Å². The van der Waals surface area contributed by atoms with Crippen LogP contribution < -0.4 is 0 Å². The zero-order chi connectivity index (χ0) is 43.8. The molecule has 4 aromatic heterocycles. The third-order valence-electron chi connectivity index (χ3n) is 10.7. The van der Waals surface area contributed by atoms with E-state index in [1.807, 2.05) is 0 Å². The van der Waals surface area contributed by atoms with Crippen LogP contribution in [0.5, 0.6) is 23.0 Å². The van der Waals surface area contributed by atoms with E-state index in [9.17, 15) is 29.2 Å². The molecule has 0 radical (unpaired) electrons. The third kappa shape index (κ3) is 5.02. The fraction of sp³-hybridized carbons (Fsp3) is 0. The third-order valence-corrected chi connectivity index (χ3v) is 10.7. The lowest BCUT2D eigenvalue weighted by Crippen LogP contribution is -2.07. The van der Waals surface area contributed by atoms with E-state index in [1.165, 1.54) is 36.4 Å². The van der Waals surface area contributed by atoms with Gasteiger partial charge < -0.3 is 20.4 Å². The Morgan fingerprint density at radius 1 is 0.290 bits per heavy atom. The quantitative estimate of drug-likeness (QED) is 0.0796. The van der Waals surface area contributed by atoms with Crippen LogP contribution in [0.3, 0.4) is 0 Å². The first kappa shape index (κ1) is 38.2. The van der Waals surface area contributed by atoms with Crippen LogP contribution >= 0.6 is 0 Å². The molecule has 4 aromatic carbocycles. The number of hydrogen-bond acceptors (Lipinski definition) is 6. The predicted octanol–water partition coefficient (Wildman–Crippen LogP) is 11.1. The number of benzene rings is 4. The van der Waals surface area contributed by atoms with Gasteiger partial charge in [-0.1, -0.05) is 12.1 Å². The van der Waals surface area contributed by atoms with Gasteiger partial charge in [0.15, 0.2) is 46.5 Å². The summed E-state index contributed by atoms with van der Waals surface area (Å²) in [6, 6.07) is 11.7. The number of halogens is 10. The van der Waals surface area contributed by atoms with Crippen LogP contribution in [0.2, 0.25) is 0 Å². The van der Waals surface area contributed by atoms with Gasteiger partial charge in [0.2, 0.25) is 11.6 Å². The van der Waals surface area contributed by atoms with E-state index in [-0.39, 0.29) is 44.7 Å². The summed E-state index contributed by atoms with van der Waals surface area (Å²) in [5.41, 5.74) is -9.02. The summed E-state index contributed by atoms with van der Waals surface area (Å²) in [4.78, 5) is 8.98. The second-order valence-corrected chi connectivity index (χ2v) is 14.0. The summed E-state index contributed by atoms with van der Waals surface area (Å²) in [5.74, 6) is -26.2. The molecule has 0 atom stereocenters. The van der Waals surface area contributed by atoms with Gasteiger partial charge in [-0.2, -0.15) is 0 Å². The molecule has 0 saturated carbocycles. The number of phenolic OH excluding ortho intramolecular Hbond substituents is 4. The average Bonchev–Trinajstić information content (AvgIpc) is 4.08. The molecule has 0 saturated heterocycles. The number of hydrogen-bond donors (Lipinski definition) is 4. The normalized spacial score (nSPS) is 12.5. The van der Waals surface area contributed by atoms with Gasteiger partial charge in [-0.15, -0.1) is 0 Å². The smallest absolute Gasteiger partial charge is 0.200 e. The highest BCUT2D eigenvalue weighted by Crippen LogP contribution is 2.49. The number of fused-ring (bicyclic) bond motifs is 4. The van der Waals surface area contributed by atoms with Crippen LogP contribution in [0.1, 0.15) is 22.8 Å². The molecule has 0 amide bonds. The van der Waals surface area contributed by atoms with Crippen molar-refractivity contribution in [1.29, 1.82) is 0 Å². The van der Waals surface area contributed by atoms with Crippen LogP contribution in [0.4, 0.5) is 43.9 Å². The van der Waals surface area contributed by atoms with Crippen molar-refractivity contribution < 1.29 is 64.3 Å². The summed E-state index contributed by atoms with van der Waals surface area (Å²) >= 11 is 0. The van der Waals surface area contributed by atoms with E-state index >= 15 is 35.1 Å². The molecule has 18 heteroatoms. The zero-order valence-electron chi connectivity index (χ0n) is 30.4. The number of phenols is 4. The van der Waals surface area contributed by atoms with Crippen molar-refractivity contribution in [1.82, 2.24) is 19.0 Å². The minimum Gasteiger partial charge on any atom is -0.507 e. The molecule has 0 aliphatic carbocycles. The van der Waals surface area contributed by atoms with E-state index in [0.717, 1.165) is 57.6 Å². The van der Waals surface area contributed by atoms with Crippen LogP contribution in [0.15, 0.2) is 60.7 Å². The van der Waals surface area contributed by atoms with Crippen molar-refractivity contribution in [2.75, 3.05) is 0 Å². The molecule has 6 heterocycles. The highest BCUT2D eigenvalue weighted by molar-refractivity contribution is 6.04. The molecular formula is C44H18F10N4O4. The Hall–Kier alpha value is -8.02. The Bertz CT molecular complexity index is 3210. The molecule has 4 N–H and O–H groups in total. The molecular weight excluding hydrogens is 838 g/mol. The summed E-state index contributed by atoms with van der Waals surface area (Å²) < 4.78 is 157. The molecule has 2 aliphatic heterocycles. The van der Waals surface area contributed by atoms with Crippen molar-refractivity contribution in [3.05, 3.63) is 142 Å².